The van der Waals surface area contributed by atoms with Crippen LogP contribution in [0, 0.1) is 13.8 Å². The lowest BCUT2D eigenvalue weighted by Crippen LogP contribution is -2.16. The van der Waals surface area contributed by atoms with Gasteiger partial charge in [-0.1, -0.05) is 6.07 Å². The molecule has 0 radical (unpaired) electrons. The van der Waals surface area contributed by atoms with E-state index in [-0.39, 0.29) is 28.5 Å². The number of benzene rings is 1. The van der Waals surface area contributed by atoms with Crippen LogP contribution < -0.4 is 5.32 Å². The second kappa shape index (κ2) is 5.80. The number of rotatable bonds is 2. The summed E-state index contributed by atoms with van der Waals surface area (Å²) in [6.45, 7) is 3.31. The minimum absolute atomic E-state index is 0.0259. The van der Waals surface area contributed by atoms with Crippen molar-refractivity contribution in [1.82, 2.24) is 9.38 Å². The molecule has 3 aromatic rings. The Bertz CT molecular complexity index is 977. The molecule has 2 heterocycles. The van der Waals surface area contributed by atoms with Crippen LogP contribution in [0.4, 0.5) is 18.9 Å². The summed E-state index contributed by atoms with van der Waals surface area (Å²) >= 11 is 0. The number of aryl methyl sites for hydroxylation is 2. The van der Waals surface area contributed by atoms with E-state index in [0.29, 0.717) is 0 Å². The largest absolute Gasteiger partial charge is 0.506 e. The number of anilines is 1. The van der Waals surface area contributed by atoms with Crippen LogP contribution in [0.1, 0.15) is 27.3 Å². The summed E-state index contributed by atoms with van der Waals surface area (Å²) in [5, 5.41) is 12.3. The summed E-state index contributed by atoms with van der Waals surface area (Å²) in [6.07, 6.45) is -3.70. The molecule has 1 amide bonds. The maximum absolute atomic E-state index is 12.9. The zero-order valence-corrected chi connectivity index (χ0v) is 13.3. The van der Waals surface area contributed by atoms with Gasteiger partial charge in [-0.3, -0.25) is 9.20 Å². The normalized spacial score (nSPS) is 11.7. The summed E-state index contributed by atoms with van der Waals surface area (Å²) < 4.78 is 39.9. The molecule has 0 aliphatic carbocycles. The van der Waals surface area contributed by atoms with Crippen molar-refractivity contribution in [1.29, 1.82) is 0 Å². The molecule has 0 aliphatic heterocycles. The van der Waals surface area contributed by atoms with Crippen LogP contribution in [0.5, 0.6) is 5.75 Å². The highest BCUT2D eigenvalue weighted by molar-refractivity contribution is 6.05. The molecule has 0 bridgehead atoms. The molecule has 3 rings (SSSR count). The van der Waals surface area contributed by atoms with Gasteiger partial charge in [0.2, 0.25) is 0 Å². The second-order valence-electron chi connectivity index (χ2n) is 5.66. The molecule has 2 aromatic heterocycles. The van der Waals surface area contributed by atoms with E-state index in [2.05, 4.69) is 10.3 Å². The average Bonchev–Trinajstić information content (AvgIpc) is 2.85. The molecule has 25 heavy (non-hydrogen) atoms. The third-order valence-electron chi connectivity index (χ3n) is 3.74. The van der Waals surface area contributed by atoms with Gasteiger partial charge in [0.05, 0.1) is 16.9 Å². The highest BCUT2D eigenvalue weighted by Crippen LogP contribution is 2.30. The van der Waals surface area contributed by atoms with E-state index in [9.17, 15) is 23.1 Å². The van der Waals surface area contributed by atoms with Gasteiger partial charge >= 0.3 is 6.18 Å². The van der Waals surface area contributed by atoms with Crippen molar-refractivity contribution < 1.29 is 23.1 Å². The summed E-state index contributed by atoms with van der Waals surface area (Å²) in [4.78, 5) is 16.7. The Morgan fingerprint density at radius 2 is 1.92 bits per heavy atom. The van der Waals surface area contributed by atoms with Crippen molar-refractivity contribution in [2.24, 2.45) is 0 Å². The Labute approximate surface area is 140 Å². The van der Waals surface area contributed by atoms with E-state index in [0.717, 1.165) is 22.2 Å². The first-order valence-electron chi connectivity index (χ1n) is 7.33. The van der Waals surface area contributed by atoms with Gasteiger partial charge < -0.3 is 10.4 Å². The lowest BCUT2D eigenvalue weighted by atomic mass is 10.2. The number of aromatic hydroxyl groups is 1. The Kier molecular flexibility index (Phi) is 3.90. The van der Waals surface area contributed by atoms with Crippen LogP contribution in [0.3, 0.4) is 0 Å². The highest BCUT2D eigenvalue weighted by Gasteiger charge is 2.31. The molecule has 8 heteroatoms. The number of pyridine rings is 1. The smallest absolute Gasteiger partial charge is 0.417 e. The number of hydrogen-bond acceptors (Lipinski definition) is 3. The molecule has 2 N–H and O–H groups in total. The predicted molar refractivity (Wildman–Crippen MR) is 85.7 cm³/mol. The van der Waals surface area contributed by atoms with Crippen LogP contribution in [0.2, 0.25) is 0 Å². The standard InChI is InChI=1S/C17H14F3N3O2/c1-9-3-5-13(24)12(7-9)22-16(25)15-10(2)21-14-6-4-11(8-23(14)15)17(18,19)20/h3-8,24H,1-2H3,(H,22,25). The Morgan fingerprint density at radius 1 is 1.20 bits per heavy atom. The van der Waals surface area contributed by atoms with Gasteiger partial charge in [0.15, 0.2) is 0 Å². The van der Waals surface area contributed by atoms with E-state index in [4.69, 9.17) is 0 Å². The highest BCUT2D eigenvalue weighted by atomic mass is 19.4. The van der Waals surface area contributed by atoms with Gasteiger partial charge in [-0.15, -0.1) is 0 Å². The summed E-state index contributed by atoms with van der Waals surface area (Å²) in [5.74, 6) is -0.799. The number of fused-ring (bicyclic) bond motifs is 1. The topological polar surface area (TPSA) is 66.6 Å². The summed E-state index contributed by atoms with van der Waals surface area (Å²) in [6, 6.07) is 6.77. The minimum Gasteiger partial charge on any atom is -0.506 e. The monoisotopic (exact) mass is 349 g/mol. The van der Waals surface area contributed by atoms with Crippen molar-refractivity contribution in [3.8, 4) is 5.75 Å². The van der Waals surface area contributed by atoms with E-state index < -0.39 is 17.6 Å². The van der Waals surface area contributed by atoms with Crippen molar-refractivity contribution >= 4 is 17.2 Å². The Morgan fingerprint density at radius 3 is 2.60 bits per heavy atom. The van der Waals surface area contributed by atoms with Crippen LogP contribution >= 0.6 is 0 Å². The van der Waals surface area contributed by atoms with Gasteiger partial charge in [0.25, 0.3) is 5.91 Å². The van der Waals surface area contributed by atoms with E-state index in [1.54, 1.807) is 19.1 Å². The number of halogens is 3. The van der Waals surface area contributed by atoms with Gasteiger partial charge in [-0.25, -0.2) is 4.98 Å². The van der Waals surface area contributed by atoms with Gasteiger partial charge in [-0.2, -0.15) is 13.2 Å². The van der Waals surface area contributed by atoms with Crippen LogP contribution in [-0.2, 0) is 6.18 Å². The predicted octanol–water partition coefficient (Wildman–Crippen LogP) is 3.93. The maximum Gasteiger partial charge on any atom is 0.417 e. The number of carbonyl (C=O) groups is 1. The molecular weight excluding hydrogens is 335 g/mol. The molecule has 0 unspecified atom stereocenters. The van der Waals surface area contributed by atoms with Crippen LogP contribution in [-0.4, -0.2) is 20.4 Å². The van der Waals surface area contributed by atoms with Crippen molar-refractivity contribution in [3.05, 3.63) is 59.0 Å². The third-order valence-corrected chi connectivity index (χ3v) is 3.74. The fourth-order valence-electron chi connectivity index (χ4n) is 2.54. The van der Waals surface area contributed by atoms with Crippen LogP contribution in [0.15, 0.2) is 36.5 Å². The zero-order valence-electron chi connectivity index (χ0n) is 13.3. The fourth-order valence-corrected chi connectivity index (χ4v) is 2.54. The first-order valence-corrected chi connectivity index (χ1v) is 7.33. The van der Waals surface area contributed by atoms with E-state index in [1.807, 2.05) is 0 Å². The molecule has 0 atom stereocenters. The number of alkyl halides is 3. The average molecular weight is 349 g/mol. The third kappa shape index (κ3) is 3.15. The quantitative estimate of drug-likeness (QED) is 0.689. The van der Waals surface area contributed by atoms with Gasteiger partial charge in [-0.05, 0) is 43.7 Å². The minimum atomic E-state index is -4.53. The number of carbonyl (C=O) groups excluding carboxylic acids is 1. The molecule has 5 nitrogen and oxygen atoms in total. The molecule has 0 aliphatic rings. The first kappa shape index (κ1) is 16.8. The fraction of sp³-hybridized carbons (Fsp3) is 0.176. The zero-order chi connectivity index (χ0) is 18.4. The van der Waals surface area contributed by atoms with Crippen molar-refractivity contribution in [2.45, 2.75) is 20.0 Å². The first-order chi connectivity index (χ1) is 11.7. The number of hydrogen-bond donors (Lipinski definition) is 2. The lowest BCUT2D eigenvalue weighted by molar-refractivity contribution is -0.137. The molecule has 130 valence electrons. The van der Waals surface area contributed by atoms with E-state index >= 15 is 0 Å². The number of amides is 1. The lowest BCUT2D eigenvalue weighted by Gasteiger charge is -2.10. The molecule has 0 saturated carbocycles. The van der Waals surface area contributed by atoms with Crippen molar-refractivity contribution in [3.63, 3.8) is 0 Å². The molecule has 0 saturated heterocycles. The van der Waals surface area contributed by atoms with Gasteiger partial charge in [0, 0.05) is 6.20 Å². The number of nitrogens with zero attached hydrogens (tertiary/aromatic N) is 2. The molecular formula is C17H14F3N3O2. The van der Waals surface area contributed by atoms with E-state index in [1.165, 1.54) is 19.1 Å². The van der Waals surface area contributed by atoms with Crippen LogP contribution in [0.25, 0.3) is 5.65 Å². The number of phenolic OH excluding ortho intramolecular Hbond substituents is 1. The number of imidazole rings is 1. The Balaban J connectivity index is 2.06. The SMILES string of the molecule is Cc1ccc(O)c(NC(=O)c2c(C)nc3ccc(C(F)(F)F)cn23)c1. The number of nitrogens with one attached hydrogen (secondary N) is 1. The number of aromatic nitrogens is 2. The second-order valence-corrected chi connectivity index (χ2v) is 5.66. The summed E-state index contributed by atoms with van der Waals surface area (Å²) in [5.41, 5.74) is 0.577. The molecule has 0 spiro atoms. The molecule has 1 aromatic carbocycles. The van der Waals surface area contributed by atoms with Gasteiger partial charge in [0.1, 0.15) is 17.1 Å². The van der Waals surface area contributed by atoms with Crippen molar-refractivity contribution in [2.75, 3.05) is 5.32 Å². The maximum atomic E-state index is 12.9. The number of phenols is 1. The summed E-state index contributed by atoms with van der Waals surface area (Å²) in [7, 11) is 0. The molecule has 0 fully saturated rings. The Hall–Kier alpha value is -3.03.